The fourth-order valence-electron chi connectivity index (χ4n) is 14.4. The second-order valence-corrected chi connectivity index (χ2v) is 37.4. The minimum atomic E-state index is -3.90. The summed E-state index contributed by atoms with van der Waals surface area (Å²) in [5, 5.41) is 13.4. The Hall–Kier alpha value is -9.01. The summed E-state index contributed by atoms with van der Waals surface area (Å²) in [5.74, 6) is -3.46. The molecule has 8 amide bonds. The normalized spacial score (nSPS) is 25.5. The summed E-state index contributed by atoms with van der Waals surface area (Å²) >= 11 is 6.35. The maximum Gasteiger partial charge on any atom is 0.408 e. The lowest BCUT2D eigenvalue weighted by Gasteiger charge is -2.35. The average molecular weight is 1590 g/mol. The highest BCUT2D eigenvalue weighted by Gasteiger charge is 2.64. The zero-order valence-corrected chi connectivity index (χ0v) is 66.0. The van der Waals surface area contributed by atoms with Gasteiger partial charge in [-0.3, -0.25) is 38.2 Å². The topological polar surface area (TPSA) is 410 Å². The molecule has 10 atom stereocenters. The number of likely N-dealkylation sites (tertiary alicyclic amines) is 2. The van der Waals surface area contributed by atoms with Gasteiger partial charge in [0.05, 0.1) is 23.6 Å². The van der Waals surface area contributed by atoms with E-state index in [9.17, 15) is 55.2 Å². The van der Waals surface area contributed by atoms with E-state index in [2.05, 4.69) is 59.2 Å². The number of nitrogens with one attached hydrogen (secondary N) is 7. The average Bonchev–Trinajstić information content (AvgIpc) is 1.58. The first-order chi connectivity index (χ1) is 52.6. The number of carbonyl (C=O) groups is 8. The monoisotopic (exact) mass is 1590 g/mol. The van der Waals surface area contributed by atoms with E-state index in [4.69, 9.17) is 46.3 Å². The van der Waals surface area contributed by atoms with Gasteiger partial charge in [-0.25, -0.2) is 36.4 Å². The first-order valence-electron chi connectivity index (χ1n) is 38.6. The molecule has 0 unspecified atom stereocenters. The minimum absolute atomic E-state index is 0.0138. The Morgan fingerprint density at radius 1 is 0.550 bits per heavy atom. The highest BCUT2D eigenvalue weighted by molar-refractivity contribution is 7.91. The van der Waals surface area contributed by atoms with Crippen molar-refractivity contribution in [3.63, 3.8) is 0 Å². The van der Waals surface area contributed by atoms with Gasteiger partial charge in [0, 0.05) is 60.0 Å². The molecule has 14 rings (SSSR count). The number of sulfonamides is 2. The fraction of sp³-hybridized carbons (Fsp3) is 0.590. The lowest BCUT2D eigenvalue weighted by Crippen LogP contribution is -2.60. The molecule has 2 aromatic heterocycles. The van der Waals surface area contributed by atoms with Gasteiger partial charge < -0.3 is 61.1 Å². The van der Waals surface area contributed by atoms with Crippen LogP contribution in [0.5, 0.6) is 11.8 Å². The van der Waals surface area contributed by atoms with Gasteiger partial charge in [-0.1, -0.05) is 126 Å². The van der Waals surface area contributed by atoms with Crippen molar-refractivity contribution in [3.05, 3.63) is 103 Å². The highest BCUT2D eigenvalue weighted by atomic mass is 35.5. The Morgan fingerprint density at radius 3 is 1.29 bits per heavy atom. The third-order valence-corrected chi connectivity index (χ3v) is 25.5. The van der Waals surface area contributed by atoms with Gasteiger partial charge in [0.1, 0.15) is 70.6 Å². The van der Waals surface area contributed by atoms with Crippen molar-refractivity contribution in [2.24, 2.45) is 28.4 Å². The van der Waals surface area contributed by atoms with Gasteiger partial charge in [0.25, 0.3) is 11.8 Å². The first-order valence-corrected chi connectivity index (χ1v) is 42.1. The smallest absolute Gasteiger partial charge is 0.408 e. The molecule has 33 heteroatoms. The summed E-state index contributed by atoms with van der Waals surface area (Å²) in [6.07, 6.45) is 13.1. The standard InChI is InChI=1S/C39H51N7O8S.C36H45ClN6O8S.C3H7N/c1-5-24-21-39(24,36(49)45-55(51,52)28-17-18-28)44-34(47)29-19-27(22-46(29)35(48)32(38(2,3)4)43-37(50)54-26-13-9-10-14-26)53-31-20-30(40-25-15-16-25)41-33(42-31)23-11-7-6-8-12-23;1-5-22-19-36(22,33(46)42-52(48,49)25-15-16-25)41-31(44)26-17-24(50-28-18-27(37)38-30(39-28)21-11-7-6-8-12-21)20-43(26)32(45)29(35(2,3)4)40-34(47)51-23-13-9-10-14-23;4-3-1-2-3/h5-8,11-12,20,24-29,32H,1,9-10,13-19,21-22H2,2-4H3,(H,43,50)(H,44,47)(H,45,49)(H,40,41,42);5-8,11-12,18,22-26,29H,1,9-10,13-17,19-20H2,2-4H3,(H,40,47)(H,41,44)(H,42,46);3H,1-2,4H2/t24-,27-,29+,32-,39-;22-,24-,26+,29-,36-;/m11./s1. The van der Waals surface area contributed by atoms with Crippen molar-refractivity contribution in [3.8, 4) is 34.5 Å². The number of carbonyl (C=O) groups excluding carboxylic acids is 8. The third-order valence-electron chi connectivity index (χ3n) is 21.7. The molecule has 600 valence electrons. The van der Waals surface area contributed by atoms with E-state index < -0.39 is 148 Å². The molecule has 0 spiro atoms. The molecule has 2 aliphatic heterocycles. The summed E-state index contributed by atoms with van der Waals surface area (Å²) < 4.78 is 79.1. The van der Waals surface area contributed by atoms with Gasteiger partial charge in [-0.15, -0.1) is 13.2 Å². The molecule has 8 aliphatic carbocycles. The number of benzene rings is 2. The summed E-state index contributed by atoms with van der Waals surface area (Å²) in [5.41, 5.74) is 1.99. The highest BCUT2D eigenvalue weighted by Crippen LogP contribution is 2.48. The molecular weight excluding hydrogens is 1490 g/mol. The van der Waals surface area contributed by atoms with Crippen LogP contribution in [0.15, 0.2) is 98.1 Å². The molecule has 2 aromatic carbocycles. The number of anilines is 1. The fourth-order valence-corrected chi connectivity index (χ4v) is 17.3. The van der Waals surface area contributed by atoms with Crippen molar-refractivity contribution < 1.29 is 74.1 Å². The first kappa shape index (κ1) is 81.5. The zero-order chi connectivity index (χ0) is 79.5. The van der Waals surface area contributed by atoms with Crippen molar-refractivity contribution in [1.82, 2.24) is 60.4 Å². The molecule has 4 aromatic rings. The van der Waals surface area contributed by atoms with Gasteiger partial charge in [-0.2, -0.15) is 9.97 Å². The maximum atomic E-state index is 14.6. The maximum absolute atomic E-state index is 14.6. The summed E-state index contributed by atoms with van der Waals surface area (Å²) in [6.45, 7) is 18.2. The molecule has 0 bridgehead atoms. The Bertz CT molecular complexity index is 4390. The summed E-state index contributed by atoms with van der Waals surface area (Å²) in [4.78, 5) is 132. The number of halogens is 1. The number of ether oxygens (including phenoxy) is 4. The molecule has 10 fully saturated rings. The van der Waals surface area contributed by atoms with E-state index in [0.717, 1.165) is 69.8 Å². The Kier molecular flexibility index (Phi) is 24.5. The van der Waals surface area contributed by atoms with Crippen LogP contribution in [0.2, 0.25) is 5.15 Å². The van der Waals surface area contributed by atoms with Crippen LogP contribution in [0.25, 0.3) is 22.8 Å². The molecule has 2 saturated heterocycles. The number of hydrogen-bond donors (Lipinski definition) is 8. The molecule has 10 aliphatic rings. The molecule has 111 heavy (non-hydrogen) atoms. The van der Waals surface area contributed by atoms with E-state index >= 15 is 0 Å². The van der Waals surface area contributed by atoms with E-state index in [1.165, 1.54) is 40.9 Å². The van der Waals surface area contributed by atoms with Crippen LogP contribution in [-0.4, -0.2) is 190 Å². The quantitative estimate of drug-likeness (QED) is 0.0219. The van der Waals surface area contributed by atoms with Crippen molar-refractivity contribution >= 4 is 85.1 Å². The van der Waals surface area contributed by atoms with Crippen LogP contribution >= 0.6 is 11.6 Å². The van der Waals surface area contributed by atoms with Crippen LogP contribution in [0.1, 0.15) is 170 Å². The molecule has 8 saturated carbocycles. The number of rotatable bonds is 26. The second kappa shape index (κ2) is 33.4. The Balaban J connectivity index is 0.000000196. The third kappa shape index (κ3) is 20.6. The van der Waals surface area contributed by atoms with Crippen LogP contribution in [0.4, 0.5) is 15.4 Å². The number of alkyl carbamates (subject to hydrolysis) is 2. The predicted molar refractivity (Wildman–Crippen MR) is 412 cm³/mol. The Labute approximate surface area is 653 Å². The minimum Gasteiger partial charge on any atom is -0.472 e. The number of aromatic nitrogens is 4. The van der Waals surface area contributed by atoms with E-state index in [0.29, 0.717) is 60.8 Å². The van der Waals surface area contributed by atoms with E-state index in [-0.39, 0.29) is 67.9 Å². The zero-order valence-electron chi connectivity index (χ0n) is 63.6. The van der Waals surface area contributed by atoms with Crippen molar-refractivity contribution in [1.29, 1.82) is 0 Å². The van der Waals surface area contributed by atoms with Crippen molar-refractivity contribution in [2.45, 2.75) is 252 Å². The van der Waals surface area contributed by atoms with E-state index in [1.54, 1.807) is 26.8 Å². The van der Waals surface area contributed by atoms with Gasteiger partial charge >= 0.3 is 12.2 Å². The summed E-state index contributed by atoms with van der Waals surface area (Å²) in [6, 6.07) is 18.1. The molecule has 30 nitrogen and oxygen atoms in total. The van der Waals surface area contributed by atoms with Gasteiger partial charge in [0.2, 0.25) is 55.4 Å². The number of nitrogens with two attached hydrogens (primary N) is 1. The SMILES string of the molecule is C=C[C@@H]1C[C@]1(NC(=O)[C@@H]1C[C@@H](Oc2cc(Cl)nc(-c3ccccc3)n2)CN1C(=O)[C@@H](NC(=O)OC1CCCC1)C(C)(C)C)C(=O)NS(=O)(=O)C1CC1.C=C[C@@H]1C[C@]1(NC(=O)[C@@H]1C[C@@H](Oc2cc(NC3CC3)nc(-c3ccccc3)n2)CN1C(=O)[C@@H](NC(=O)OC1CCCC1)C(C)(C)C)C(=O)NS(=O)(=O)C1CC1.NC1CC1. The van der Waals surface area contributed by atoms with E-state index in [1.807, 2.05) is 81.4 Å². The molecule has 0 radical (unpaired) electrons. The van der Waals surface area contributed by atoms with Crippen LogP contribution in [0, 0.1) is 22.7 Å². The number of hydrogen-bond acceptors (Lipinski definition) is 22. The predicted octanol–water partition coefficient (Wildman–Crippen LogP) is 7.82. The lowest BCUT2D eigenvalue weighted by atomic mass is 9.85. The number of amides is 8. The second-order valence-electron chi connectivity index (χ2n) is 33.1. The van der Waals surface area contributed by atoms with Gasteiger partial charge in [0.15, 0.2) is 11.6 Å². The van der Waals surface area contributed by atoms with Crippen molar-refractivity contribution in [2.75, 3.05) is 18.4 Å². The molecule has 9 N–H and O–H groups in total. The Morgan fingerprint density at radius 2 is 0.937 bits per heavy atom. The summed E-state index contributed by atoms with van der Waals surface area (Å²) in [7, 11) is -7.80. The lowest BCUT2D eigenvalue weighted by molar-refractivity contribution is -0.143. The van der Waals surface area contributed by atoms with Crippen LogP contribution in [-0.2, 0) is 58.3 Å². The largest absolute Gasteiger partial charge is 0.472 e. The number of nitrogens with zero attached hydrogens (tertiary/aromatic N) is 6. The molecule has 4 heterocycles. The van der Waals surface area contributed by atoms with Crippen LogP contribution in [0.3, 0.4) is 0 Å². The van der Waals surface area contributed by atoms with Crippen LogP contribution < -0.4 is 51.2 Å². The van der Waals surface area contributed by atoms with Gasteiger partial charge in [-0.05, 0) is 126 Å². The molecular formula is C78H103ClN14O16S2.